The van der Waals surface area contributed by atoms with E-state index < -0.39 is 0 Å². The first-order valence-corrected chi connectivity index (χ1v) is 19.7. The van der Waals surface area contributed by atoms with Crippen molar-refractivity contribution in [3.8, 4) is 67.9 Å². The first-order valence-electron chi connectivity index (χ1n) is 19.7. The van der Waals surface area contributed by atoms with E-state index in [1.54, 1.807) is 12.4 Å². The van der Waals surface area contributed by atoms with Crippen LogP contribution in [0.2, 0.25) is 0 Å². The maximum absolute atomic E-state index is 6.70. The third-order valence-corrected chi connectivity index (χ3v) is 11.1. The molecule has 0 spiro atoms. The van der Waals surface area contributed by atoms with Gasteiger partial charge in [-0.05, 0) is 57.8 Å². The summed E-state index contributed by atoms with van der Waals surface area (Å²) in [6.45, 7) is 0. The number of hydrogen-bond donors (Lipinski definition) is 0. The molecule has 0 unspecified atom stereocenters. The molecule has 5 heterocycles. The van der Waals surface area contributed by atoms with Gasteiger partial charge in [0.1, 0.15) is 22.2 Å². The van der Waals surface area contributed by atoms with Crippen LogP contribution in [0.25, 0.3) is 123 Å². The molecule has 0 bridgehead atoms. The summed E-state index contributed by atoms with van der Waals surface area (Å²) in [5, 5.41) is 4.10. The Hall–Kier alpha value is -8.36. The lowest BCUT2D eigenvalue weighted by molar-refractivity contribution is 0.622. The number of para-hydroxylation sites is 1. The molecule has 0 atom stereocenters. The second-order valence-electron chi connectivity index (χ2n) is 14.6. The van der Waals surface area contributed by atoms with Gasteiger partial charge in [0.05, 0.1) is 16.5 Å². The largest absolute Gasteiger partial charge is 0.455 e. The quantitative estimate of drug-likeness (QED) is 0.165. The average molecular weight is 771 g/mol. The van der Waals surface area contributed by atoms with Gasteiger partial charge in [-0.3, -0.25) is 9.97 Å². The van der Waals surface area contributed by atoms with Crippen LogP contribution in [0.5, 0.6) is 0 Å². The maximum Gasteiger partial charge on any atom is 0.229 e. The first-order chi connectivity index (χ1) is 29.7. The molecule has 0 saturated heterocycles. The highest BCUT2D eigenvalue weighted by molar-refractivity contribution is 6.20. The molecular formula is C52H30N6O2. The van der Waals surface area contributed by atoms with Crippen molar-refractivity contribution in [3.63, 3.8) is 0 Å². The van der Waals surface area contributed by atoms with Gasteiger partial charge >= 0.3 is 0 Å². The number of oxazole rings is 1. The number of benzene rings is 7. The van der Waals surface area contributed by atoms with Gasteiger partial charge in [-0.25, -0.2) is 19.9 Å². The molecule has 8 heteroatoms. The molecule has 0 aliphatic heterocycles. The van der Waals surface area contributed by atoms with E-state index in [0.717, 1.165) is 93.8 Å². The van der Waals surface area contributed by atoms with E-state index in [2.05, 4.69) is 88.8 Å². The monoisotopic (exact) mass is 770 g/mol. The fraction of sp³-hybridized carbons (Fsp3) is 0. The standard InChI is InChI=1S/C52H30N6O2/c1-3-11-32(12-4-1)49-56-50(33-13-5-2-6-14-33)58-51(57-49)34-22-20-31(21-23-34)35-24-25-38(37-16-8-7-15-36(35)37)39-17-9-18-40-45-44(59-47(39)40)27-26-43-48(45)60-52(55-43)41-28-30-53-42-19-10-29-54-46(41)42/h1-30H. The van der Waals surface area contributed by atoms with Crippen LogP contribution in [-0.2, 0) is 0 Å². The molecule has 0 aliphatic carbocycles. The number of furan rings is 1. The third-order valence-electron chi connectivity index (χ3n) is 11.1. The van der Waals surface area contributed by atoms with Crippen LogP contribution in [0, 0.1) is 0 Å². The number of nitrogens with zero attached hydrogens (tertiary/aromatic N) is 6. The van der Waals surface area contributed by atoms with Gasteiger partial charge in [0.25, 0.3) is 0 Å². The van der Waals surface area contributed by atoms with Crippen LogP contribution < -0.4 is 0 Å². The van der Waals surface area contributed by atoms with E-state index in [1.807, 2.05) is 91.0 Å². The molecule has 0 amide bonds. The molecule has 0 fully saturated rings. The van der Waals surface area contributed by atoms with Crippen LogP contribution >= 0.6 is 0 Å². The molecule has 0 saturated carbocycles. The van der Waals surface area contributed by atoms with E-state index in [9.17, 15) is 0 Å². The fourth-order valence-electron chi connectivity index (χ4n) is 8.27. The predicted molar refractivity (Wildman–Crippen MR) is 238 cm³/mol. The Balaban J connectivity index is 0.944. The summed E-state index contributed by atoms with van der Waals surface area (Å²) in [5.74, 6) is 2.38. The fourth-order valence-corrected chi connectivity index (χ4v) is 8.27. The maximum atomic E-state index is 6.70. The van der Waals surface area contributed by atoms with Crippen molar-refractivity contribution < 1.29 is 8.83 Å². The minimum Gasteiger partial charge on any atom is -0.455 e. The topological polar surface area (TPSA) is 104 Å². The highest BCUT2D eigenvalue weighted by Gasteiger charge is 2.21. The van der Waals surface area contributed by atoms with Crippen molar-refractivity contribution in [2.45, 2.75) is 0 Å². The minimum atomic E-state index is 0.492. The Morgan fingerprint density at radius 1 is 0.333 bits per heavy atom. The molecule has 12 aromatic rings. The lowest BCUT2D eigenvalue weighted by Crippen LogP contribution is -2.00. The van der Waals surface area contributed by atoms with Crippen molar-refractivity contribution in [2.24, 2.45) is 0 Å². The zero-order valence-electron chi connectivity index (χ0n) is 31.8. The third kappa shape index (κ3) is 5.54. The summed E-state index contributed by atoms with van der Waals surface area (Å²) in [5.41, 5.74) is 12.3. The first kappa shape index (κ1) is 33.7. The number of fused-ring (bicyclic) bond motifs is 7. The Kier molecular flexibility index (Phi) is 7.67. The Morgan fingerprint density at radius 3 is 1.70 bits per heavy atom. The summed E-state index contributed by atoms with van der Waals surface area (Å²) in [4.78, 5) is 28.7. The molecule has 60 heavy (non-hydrogen) atoms. The number of aromatic nitrogens is 6. The van der Waals surface area contributed by atoms with Gasteiger partial charge in [0.2, 0.25) is 5.89 Å². The van der Waals surface area contributed by atoms with Gasteiger partial charge in [-0.15, -0.1) is 0 Å². The molecule has 7 aromatic carbocycles. The predicted octanol–water partition coefficient (Wildman–Crippen LogP) is 13.0. The van der Waals surface area contributed by atoms with E-state index in [0.29, 0.717) is 28.9 Å². The molecule has 8 nitrogen and oxygen atoms in total. The highest BCUT2D eigenvalue weighted by atomic mass is 16.4. The zero-order valence-corrected chi connectivity index (χ0v) is 31.8. The van der Waals surface area contributed by atoms with Crippen molar-refractivity contribution in [1.82, 2.24) is 29.9 Å². The smallest absolute Gasteiger partial charge is 0.229 e. The highest BCUT2D eigenvalue weighted by Crippen LogP contribution is 2.43. The molecule has 0 radical (unpaired) electrons. The lowest BCUT2D eigenvalue weighted by atomic mass is 9.91. The van der Waals surface area contributed by atoms with E-state index >= 15 is 0 Å². The summed E-state index contributed by atoms with van der Waals surface area (Å²) in [6.07, 6.45) is 3.52. The van der Waals surface area contributed by atoms with Crippen LogP contribution in [0.15, 0.2) is 191 Å². The van der Waals surface area contributed by atoms with Gasteiger partial charge in [-0.1, -0.05) is 140 Å². The molecule has 12 rings (SSSR count). The van der Waals surface area contributed by atoms with Crippen molar-refractivity contribution in [1.29, 1.82) is 0 Å². The van der Waals surface area contributed by atoms with Crippen LogP contribution in [-0.4, -0.2) is 29.9 Å². The number of rotatable bonds is 6. The zero-order chi connectivity index (χ0) is 39.6. The second kappa shape index (κ2) is 13.6. The lowest BCUT2D eigenvalue weighted by Gasteiger charge is -2.13. The number of hydrogen-bond acceptors (Lipinski definition) is 8. The van der Waals surface area contributed by atoms with Crippen LogP contribution in [0.4, 0.5) is 0 Å². The van der Waals surface area contributed by atoms with Crippen molar-refractivity contribution in [3.05, 3.63) is 182 Å². The second-order valence-corrected chi connectivity index (χ2v) is 14.6. The summed E-state index contributed by atoms with van der Waals surface area (Å²) in [6, 6.07) is 57.4. The molecule has 280 valence electrons. The Labute approximate surface area is 342 Å². The van der Waals surface area contributed by atoms with Crippen molar-refractivity contribution in [2.75, 3.05) is 0 Å². The van der Waals surface area contributed by atoms with Gasteiger partial charge in [0, 0.05) is 40.0 Å². The van der Waals surface area contributed by atoms with Crippen LogP contribution in [0.1, 0.15) is 0 Å². The van der Waals surface area contributed by atoms with Gasteiger partial charge in [0.15, 0.2) is 23.1 Å². The minimum absolute atomic E-state index is 0.492. The normalized spacial score (nSPS) is 11.7. The van der Waals surface area contributed by atoms with E-state index in [1.165, 1.54) is 0 Å². The Bertz CT molecular complexity index is 3540. The summed E-state index contributed by atoms with van der Waals surface area (Å²) >= 11 is 0. The number of pyridine rings is 2. The summed E-state index contributed by atoms with van der Waals surface area (Å²) < 4.78 is 13.3. The van der Waals surface area contributed by atoms with Crippen LogP contribution in [0.3, 0.4) is 0 Å². The van der Waals surface area contributed by atoms with Crippen molar-refractivity contribution >= 4 is 54.8 Å². The molecule has 0 N–H and O–H groups in total. The van der Waals surface area contributed by atoms with Gasteiger partial charge in [-0.2, -0.15) is 0 Å². The van der Waals surface area contributed by atoms with E-state index in [-0.39, 0.29) is 0 Å². The Morgan fingerprint density at radius 2 is 0.967 bits per heavy atom. The summed E-state index contributed by atoms with van der Waals surface area (Å²) in [7, 11) is 0. The van der Waals surface area contributed by atoms with E-state index in [4.69, 9.17) is 28.8 Å². The molecule has 0 aliphatic rings. The average Bonchev–Trinajstić information content (AvgIpc) is 3.94. The molecule has 5 aromatic heterocycles. The van der Waals surface area contributed by atoms with Gasteiger partial charge < -0.3 is 8.83 Å². The molecular weight excluding hydrogens is 741 g/mol. The SMILES string of the molecule is c1ccc(-c2nc(-c3ccccc3)nc(-c3ccc(-c4ccc(-c5cccc6c5oc5ccc7nc(-c8ccnc9cccnc89)oc7c56)c5ccccc45)cc3)n2)cc1.